The molecule has 20 heavy (non-hydrogen) atoms. The van der Waals surface area contributed by atoms with Crippen LogP contribution in [0.25, 0.3) is 0 Å². The normalized spacial score (nSPS) is 9.80. The first-order valence-corrected chi connectivity index (χ1v) is 6.73. The lowest BCUT2D eigenvalue weighted by Gasteiger charge is -2.18. The summed E-state index contributed by atoms with van der Waals surface area (Å²) in [6.45, 7) is 5.93. The van der Waals surface area contributed by atoms with Gasteiger partial charge >= 0.3 is 0 Å². The Morgan fingerprint density at radius 3 is 2.85 bits per heavy atom. The molecular formula is C16H22N2O2. The molecule has 0 saturated carbocycles. The van der Waals surface area contributed by atoms with Gasteiger partial charge in [-0.1, -0.05) is 17.9 Å². The van der Waals surface area contributed by atoms with Gasteiger partial charge in [0.25, 0.3) is 5.91 Å². The third-order valence-electron chi connectivity index (χ3n) is 2.85. The number of aryl methyl sites for hydroxylation is 1. The van der Waals surface area contributed by atoms with Gasteiger partial charge in [-0.05, 0) is 31.5 Å². The maximum Gasteiger partial charge on any atom is 0.254 e. The largest absolute Gasteiger partial charge is 0.380 e. The van der Waals surface area contributed by atoms with Crippen molar-refractivity contribution in [1.29, 1.82) is 0 Å². The number of benzene rings is 1. The Kier molecular flexibility index (Phi) is 6.78. The van der Waals surface area contributed by atoms with Crippen molar-refractivity contribution in [2.24, 2.45) is 5.73 Å². The Morgan fingerprint density at radius 1 is 1.45 bits per heavy atom. The molecule has 0 radical (unpaired) electrons. The molecular weight excluding hydrogens is 252 g/mol. The number of nitrogens with two attached hydrogens (primary N) is 1. The van der Waals surface area contributed by atoms with Crippen LogP contribution in [0.3, 0.4) is 0 Å². The van der Waals surface area contributed by atoms with Gasteiger partial charge in [-0.15, -0.1) is 0 Å². The standard InChI is InChI=1S/C16H22N2O2/c1-4-20-11-10-18(3)16(19)15-8-7-13(2)12-14(15)6-5-9-17/h7-8,12H,4,9-11,17H2,1-3H3. The van der Waals surface area contributed by atoms with Gasteiger partial charge in [-0.25, -0.2) is 0 Å². The second-order valence-electron chi connectivity index (χ2n) is 4.48. The van der Waals surface area contributed by atoms with Crippen LogP contribution in [0.4, 0.5) is 0 Å². The SMILES string of the molecule is CCOCCN(C)C(=O)c1ccc(C)cc1C#CCN. The van der Waals surface area contributed by atoms with E-state index in [0.29, 0.717) is 25.3 Å². The van der Waals surface area contributed by atoms with E-state index in [1.165, 1.54) is 0 Å². The summed E-state index contributed by atoms with van der Waals surface area (Å²) in [6, 6.07) is 5.64. The highest BCUT2D eigenvalue weighted by atomic mass is 16.5. The van der Waals surface area contributed by atoms with E-state index in [1.807, 2.05) is 32.0 Å². The van der Waals surface area contributed by atoms with E-state index in [1.54, 1.807) is 11.9 Å². The molecule has 0 heterocycles. The van der Waals surface area contributed by atoms with E-state index >= 15 is 0 Å². The first-order chi connectivity index (χ1) is 9.60. The van der Waals surface area contributed by atoms with Crippen LogP contribution in [-0.2, 0) is 4.74 Å². The minimum atomic E-state index is -0.0500. The van der Waals surface area contributed by atoms with Crippen molar-refractivity contribution in [2.45, 2.75) is 13.8 Å². The third-order valence-corrected chi connectivity index (χ3v) is 2.85. The Labute approximate surface area is 120 Å². The van der Waals surface area contributed by atoms with Gasteiger partial charge in [0.2, 0.25) is 0 Å². The molecule has 1 aromatic carbocycles. The van der Waals surface area contributed by atoms with Crippen LogP contribution in [0.15, 0.2) is 18.2 Å². The van der Waals surface area contributed by atoms with Gasteiger partial charge in [-0.2, -0.15) is 0 Å². The van der Waals surface area contributed by atoms with Crippen molar-refractivity contribution < 1.29 is 9.53 Å². The molecule has 0 aromatic heterocycles. The lowest BCUT2D eigenvalue weighted by atomic mass is 10.0. The molecule has 0 aliphatic rings. The van der Waals surface area contributed by atoms with Gasteiger partial charge < -0.3 is 15.4 Å². The van der Waals surface area contributed by atoms with Crippen molar-refractivity contribution in [1.82, 2.24) is 4.90 Å². The predicted molar refractivity (Wildman–Crippen MR) is 80.6 cm³/mol. The van der Waals surface area contributed by atoms with Gasteiger partial charge in [0, 0.05) is 25.8 Å². The van der Waals surface area contributed by atoms with Crippen molar-refractivity contribution in [3.63, 3.8) is 0 Å². The van der Waals surface area contributed by atoms with Gasteiger partial charge in [-0.3, -0.25) is 4.79 Å². The van der Waals surface area contributed by atoms with Crippen LogP contribution in [0.1, 0.15) is 28.4 Å². The molecule has 1 amide bonds. The first kappa shape index (κ1) is 16.2. The fraction of sp³-hybridized carbons (Fsp3) is 0.438. The Balaban J connectivity index is 2.91. The fourth-order valence-corrected chi connectivity index (χ4v) is 1.75. The fourth-order valence-electron chi connectivity index (χ4n) is 1.75. The molecule has 1 rings (SSSR count). The van der Waals surface area contributed by atoms with Crippen molar-refractivity contribution in [3.8, 4) is 11.8 Å². The maximum absolute atomic E-state index is 12.4. The first-order valence-electron chi connectivity index (χ1n) is 6.73. The second-order valence-corrected chi connectivity index (χ2v) is 4.48. The number of carbonyl (C=O) groups excluding carboxylic acids is 1. The van der Waals surface area contributed by atoms with Crippen LogP contribution < -0.4 is 5.73 Å². The Morgan fingerprint density at radius 2 is 2.20 bits per heavy atom. The number of hydrogen-bond acceptors (Lipinski definition) is 3. The zero-order chi connectivity index (χ0) is 15.0. The summed E-state index contributed by atoms with van der Waals surface area (Å²) in [6.07, 6.45) is 0. The smallest absolute Gasteiger partial charge is 0.254 e. The van der Waals surface area contributed by atoms with Crippen LogP contribution in [0.5, 0.6) is 0 Å². The molecule has 0 aliphatic heterocycles. The van der Waals surface area contributed by atoms with Gasteiger partial charge in [0.05, 0.1) is 18.7 Å². The number of rotatable bonds is 5. The number of nitrogens with zero attached hydrogens (tertiary/aromatic N) is 1. The van der Waals surface area contributed by atoms with E-state index in [9.17, 15) is 4.79 Å². The molecule has 0 fully saturated rings. The van der Waals surface area contributed by atoms with Crippen molar-refractivity contribution >= 4 is 5.91 Å². The molecule has 0 unspecified atom stereocenters. The summed E-state index contributed by atoms with van der Waals surface area (Å²) >= 11 is 0. The molecule has 108 valence electrons. The number of ether oxygens (including phenoxy) is 1. The lowest BCUT2D eigenvalue weighted by Crippen LogP contribution is -2.30. The third kappa shape index (κ3) is 4.69. The summed E-state index contributed by atoms with van der Waals surface area (Å²) in [5, 5.41) is 0. The van der Waals surface area contributed by atoms with Gasteiger partial charge in [0.15, 0.2) is 0 Å². The van der Waals surface area contributed by atoms with E-state index in [0.717, 1.165) is 11.1 Å². The number of hydrogen-bond donors (Lipinski definition) is 1. The second kappa shape index (κ2) is 8.36. The molecule has 4 heteroatoms. The topological polar surface area (TPSA) is 55.6 Å². The van der Waals surface area contributed by atoms with E-state index < -0.39 is 0 Å². The molecule has 0 atom stereocenters. The number of amides is 1. The summed E-state index contributed by atoms with van der Waals surface area (Å²) in [4.78, 5) is 14.1. The zero-order valence-corrected chi connectivity index (χ0v) is 12.4. The predicted octanol–water partition coefficient (Wildman–Crippen LogP) is 1.41. The van der Waals surface area contributed by atoms with E-state index in [-0.39, 0.29) is 12.5 Å². The zero-order valence-electron chi connectivity index (χ0n) is 12.4. The minimum Gasteiger partial charge on any atom is -0.380 e. The molecule has 0 aliphatic carbocycles. The highest BCUT2D eigenvalue weighted by Crippen LogP contribution is 2.13. The summed E-state index contributed by atoms with van der Waals surface area (Å²) < 4.78 is 5.27. The minimum absolute atomic E-state index is 0.0500. The summed E-state index contributed by atoms with van der Waals surface area (Å²) in [7, 11) is 1.77. The quantitative estimate of drug-likeness (QED) is 0.652. The van der Waals surface area contributed by atoms with Crippen molar-refractivity contribution in [2.75, 3.05) is 33.4 Å². The monoisotopic (exact) mass is 274 g/mol. The van der Waals surface area contributed by atoms with E-state index in [4.69, 9.17) is 10.5 Å². The van der Waals surface area contributed by atoms with Crippen LogP contribution in [-0.4, -0.2) is 44.2 Å². The molecule has 4 nitrogen and oxygen atoms in total. The number of carbonyl (C=O) groups is 1. The van der Waals surface area contributed by atoms with E-state index in [2.05, 4.69) is 11.8 Å². The van der Waals surface area contributed by atoms with Crippen molar-refractivity contribution in [3.05, 3.63) is 34.9 Å². The average Bonchev–Trinajstić information content (AvgIpc) is 2.44. The Bertz CT molecular complexity index is 515. The Hall–Kier alpha value is -1.83. The molecule has 0 spiro atoms. The van der Waals surface area contributed by atoms with Crippen LogP contribution >= 0.6 is 0 Å². The summed E-state index contributed by atoms with van der Waals surface area (Å²) in [5.74, 6) is 5.71. The van der Waals surface area contributed by atoms with Crippen LogP contribution in [0.2, 0.25) is 0 Å². The number of likely N-dealkylation sites (N-methyl/N-ethyl adjacent to an activating group) is 1. The summed E-state index contributed by atoms with van der Waals surface area (Å²) in [5.41, 5.74) is 7.80. The highest BCUT2D eigenvalue weighted by Gasteiger charge is 2.14. The molecule has 0 bridgehead atoms. The van der Waals surface area contributed by atoms with Crippen LogP contribution in [0, 0.1) is 18.8 Å². The lowest BCUT2D eigenvalue weighted by molar-refractivity contribution is 0.0709. The average molecular weight is 274 g/mol. The van der Waals surface area contributed by atoms with Gasteiger partial charge in [0.1, 0.15) is 0 Å². The molecule has 0 saturated heterocycles. The molecule has 1 aromatic rings. The maximum atomic E-state index is 12.4. The highest BCUT2D eigenvalue weighted by molar-refractivity contribution is 5.96. The molecule has 2 N–H and O–H groups in total.